The van der Waals surface area contributed by atoms with E-state index in [0.717, 1.165) is 25.9 Å². The first-order valence-electron chi connectivity index (χ1n) is 11.1. The third kappa shape index (κ3) is 9.59. The lowest BCUT2D eigenvalue weighted by atomic mass is 9.85. The van der Waals surface area contributed by atoms with Crippen molar-refractivity contribution in [2.75, 3.05) is 19.6 Å². The van der Waals surface area contributed by atoms with E-state index in [1.807, 2.05) is 59.7 Å². The fraction of sp³-hybridized carbons (Fsp3) is 0.667. The molecule has 7 heteroatoms. The molecule has 1 aliphatic heterocycles. The van der Waals surface area contributed by atoms with E-state index < -0.39 is 28.9 Å². The van der Waals surface area contributed by atoms with Gasteiger partial charge in [-0.3, -0.25) is 4.90 Å². The number of ether oxygens (including phenoxy) is 2. The molecule has 1 atom stereocenters. The second kappa shape index (κ2) is 10.4. The van der Waals surface area contributed by atoms with E-state index in [9.17, 15) is 9.59 Å². The van der Waals surface area contributed by atoms with Crippen molar-refractivity contribution in [3.8, 4) is 0 Å². The first-order chi connectivity index (χ1) is 14.4. The van der Waals surface area contributed by atoms with Crippen molar-refractivity contribution >= 4 is 12.2 Å². The lowest BCUT2D eigenvalue weighted by molar-refractivity contribution is 0.0337. The predicted molar refractivity (Wildman–Crippen MR) is 122 cm³/mol. The molecule has 0 saturated carbocycles. The van der Waals surface area contributed by atoms with Crippen LogP contribution < -0.4 is 10.6 Å². The van der Waals surface area contributed by atoms with Gasteiger partial charge in [-0.25, -0.2) is 9.59 Å². The average molecular weight is 434 g/mol. The van der Waals surface area contributed by atoms with Gasteiger partial charge in [0.25, 0.3) is 0 Å². The van der Waals surface area contributed by atoms with Gasteiger partial charge in [-0.05, 0) is 72.9 Å². The van der Waals surface area contributed by atoms with Gasteiger partial charge in [0, 0.05) is 19.6 Å². The molecule has 0 aromatic heterocycles. The summed E-state index contributed by atoms with van der Waals surface area (Å²) in [6.45, 7) is 13.9. The number of hydrogen-bond acceptors (Lipinski definition) is 5. The van der Waals surface area contributed by atoms with Gasteiger partial charge < -0.3 is 20.1 Å². The number of piperidine rings is 1. The Morgan fingerprint density at radius 2 is 1.61 bits per heavy atom. The van der Waals surface area contributed by atoms with E-state index in [0.29, 0.717) is 19.5 Å². The topological polar surface area (TPSA) is 79.9 Å². The molecule has 2 rings (SSSR count). The van der Waals surface area contributed by atoms with Gasteiger partial charge >= 0.3 is 12.2 Å². The monoisotopic (exact) mass is 433 g/mol. The van der Waals surface area contributed by atoms with Crippen molar-refractivity contribution in [1.82, 2.24) is 15.5 Å². The maximum atomic E-state index is 12.6. The Labute approximate surface area is 186 Å². The zero-order valence-electron chi connectivity index (χ0n) is 19.9. The van der Waals surface area contributed by atoms with Crippen LogP contribution in [-0.4, -0.2) is 53.5 Å². The smallest absolute Gasteiger partial charge is 0.408 e. The molecular formula is C24H39N3O4. The number of likely N-dealkylation sites (tertiary alicyclic amines) is 1. The van der Waals surface area contributed by atoms with Crippen molar-refractivity contribution < 1.29 is 19.1 Å². The molecule has 0 radical (unpaired) electrons. The molecule has 2 N–H and O–H groups in total. The number of alkyl carbamates (subject to hydrolysis) is 2. The first-order valence-corrected chi connectivity index (χ1v) is 11.1. The summed E-state index contributed by atoms with van der Waals surface area (Å²) >= 11 is 0. The molecule has 1 heterocycles. The Hall–Kier alpha value is -2.28. The summed E-state index contributed by atoms with van der Waals surface area (Å²) < 4.78 is 10.9. The standard InChI is InChI=1S/C24H39N3O4/c1-22(2,3)30-20(28)25-15-14-24(26-21(29)31-23(4,5)6)13-10-16-27(18-24)17-19-11-8-7-9-12-19/h7-9,11-12H,10,13-18H2,1-6H3,(H,25,28)(H,26,29). The van der Waals surface area contributed by atoms with Crippen molar-refractivity contribution in [3.63, 3.8) is 0 Å². The minimum atomic E-state index is -0.571. The molecule has 1 fully saturated rings. The maximum absolute atomic E-state index is 12.6. The highest BCUT2D eigenvalue weighted by molar-refractivity contribution is 5.69. The van der Waals surface area contributed by atoms with E-state index in [1.54, 1.807) is 0 Å². The lowest BCUT2D eigenvalue weighted by Gasteiger charge is -2.43. The van der Waals surface area contributed by atoms with Crippen molar-refractivity contribution in [3.05, 3.63) is 35.9 Å². The van der Waals surface area contributed by atoms with Crippen molar-refractivity contribution in [2.45, 2.75) is 84.1 Å². The number of nitrogens with one attached hydrogen (secondary N) is 2. The van der Waals surface area contributed by atoms with Gasteiger partial charge in [0.1, 0.15) is 11.2 Å². The van der Waals surface area contributed by atoms with E-state index in [1.165, 1.54) is 5.56 Å². The number of hydrogen-bond donors (Lipinski definition) is 2. The summed E-state index contributed by atoms with van der Waals surface area (Å²) in [6.07, 6.45) is 1.50. The van der Waals surface area contributed by atoms with Crippen molar-refractivity contribution in [2.24, 2.45) is 0 Å². The largest absolute Gasteiger partial charge is 0.444 e. The minimum Gasteiger partial charge on any atom is -0.444 e. The zero-order chi connectivity index (χ0) is 23.1. The molecule has 1 aromatic carbocycles. The molecule has 1 saturated heterocycles. The molecule has 1 aromatic rings. The van der Waals surface area contributed by atoms with Crippen LogP contribution in [0.5, 0.6) is 0 Å². The number of amides is 2. The van der Waals surface area contributed by atoms with Gasteiger partial charge in [-0.15, -0.1) is 0 Å². The Morgan fingerprint density at radius 3 is 2.23 bits per heavy atom. The van der Waals surface area contributed by atoms with E-state index in [4.69, 9.17) is 9.47 Å². The van der Waals surface area contributed by atoms with Gasteiger partial charge in [0.05, 0.1) is 5.54 Å². The van der Waals surface area contributed by atoms with Crippen LogP contribution in [0.2, 0.25) is 0 Å². The van der Waals surface area contributed by atoms with E-state index >= 15 is 0 Å². The SMILES string of the molecule is CC(C)(C)OC(=O)NCCC1(NC(=O)OC(C)(C)C)CCCN(Cc2ccccc2)C1. The Kier molecular flexibility index (Phi) is 8.34. The maximum Gasteiger partial charge on any atom is 0.408 e. The molecule has 1 unspecified atom stereocenters. The summed E-state index contributed by atoms with van der Waals surface area (Å²) in [5.41, 5.74) is -0.362. The number of nitrogens with zero attached hydrogens (tertiary/aromatic N) is 1. The highest BCUT2D eigenvalue weighted by Gasteiger charge is 2.38. The minimum absolute atomic E-state index is 0.407. The van der Waals surface area contributed by atoms with E-state index in [2.05, 4.69) is 27.7 Å². The number of carbonyl (C=O) groups is 2. The zero-order valence-corrected chi connectivity index (χ0v) is 19.9. The van der Waals surface area contributed by atoms with Gasteiger partial charge in [-0.1, -0.05) is 30.3 Å². The normalized spacial score (nSPS) is 20.1. The highest BCUT2D eigenvalue weighted by atomic mass is 16.6. The number of benzene rings is 1. The fourth-order valence-corrected chi connectivity index (χ4v) is 3.81. The second-order valence-electron chi connectivity index (χ2n) is 10.4. The van der Waals surface area contributed by atoms with Crippen LogP contribution in [0.1, 0.15) is 66.4 Å². The summed E-state index contributed by atoms with van der Waals surface area (Å²) in [7, 11) is 0. The molecule has 2 amide bonds. The third-order valence-electron chi connectivity index (χ3n) is 4.94. The Bertz CT molecular complexity index is 725. The summed E-state index contributed by atoms with van der Waals surface area (Å²) in [5.74, 6) is 0. The summed E-state index contributed by atoms with van der Waals surface area (Å²) in [4.78, 5) is 27.0. The van der Waals surface area contributed by atoms with Gasteiger partial charge in [-0.2, -0.15) is 0 Å². The van der Waals surface area contributed by atoms with Crippen LogP contribution in [0.25, 0.3) is 0 Å². The molecular weight excluding hydrogens is 394 g/mol. The van der Waals surface area contributed by atoms with Crippen molar-refractivity contribution in [1.29, 1.82) is 0 Å². The quantitative estimate of drug-likeness (QED) is 0.692. The molecule has 174 valence electrons. The van der Waals surface area contributed by atoms with Crippen LogP contribution in [-0.2, 0) is 16.0 Å². The molecule has 0 bridgehead atoms. The Morgan fingerprint density at radius 1 is 1.00 bits per heavy atom. The van der Waals surface area contributed by atoms with Crippen LogP contribution in [0.4, 0.5) is 9.59 Å². The highest BCUT2D eigenvalue weighted by Crippen LogP contribution is 2.26. The third-order valence-corrected chi connectivity index (χ3v) is 4.94. The average Bonchev–Trinajstić information content (AvgIpc) is 2.59. The van der Waals surface area contributed by atoms with Gasteiger partial charge in [0.2, 0.25) is 0 Å². The molecule has 0 spiro atoms. The summed E-state index contributed by atoms with van der Waals surface area (Å²) in [5, 5.41) is 5.96. The van der Waals surface area contributed by atoms with E-state index in [-0.39, 0.29) is 0 Å². The Balaban J connectivity index is 2.05. The van der Waals surface area contributed by atoms with Crippen LogP contribution >= 0.6 is 0 Å². The lowest BCUT2D eigenvalue weighted by Crippen LogP contribution is -2.60. The van der Waals surface area contributed by atoms with Crippen LogP contribution in [0.3, 0.4) is 0 Å². The predicted octanol–water partition coefficient (Wildman–Crippen LogP) is 4.46. The first kappa shape index (κ1) is 25.0. The molecule has 31 heavy (non-hydrogen) atoms. The van der Waals surface area contributed by atoms with Crippen LogP contribution in [0, 0.1) is 0 Å². The van der Waals surface area contributed by atoms with Crippen LogP contribution in [0.15, 0.2) is 30.3 Å². The number of rotatable bonds is 6. The number of carbonyl (C=O) groups excluding carboxylic acids is 2. The van der Waals surface area contributed by atoms with Gasteiger partial charge in [0.15, 0.2) is 0 Å². The fourth-order valence-electron chi connectivity index (χ4n) is 3.81. The molecule has 0 aliphatic carbocycles. The molecule has 7 nitrogen and oxygen atoms in total. The summed E-state index contributed by atoms with van der Waals surface area (Å²) in [6, 6.07) is 10.3. The molecule has 1 aliphatic rings. The second-order valence-corrected chi connectivity index (χ2v) is 10.4.